The summed E-state index contributed by atoms with van der Waals surface area (Å²) in [6.45, 7) is 1.90. The largest absolute Gasteiger partial charge is 0.497 e. The van der Waals surface area contributed by atoms with Crippen molar-refractivity contribution in [3.63, 3.8) is 0 Å². The predicted molar refractivity (Wildman–Crippen MR) is 84.1 cm³/mol. The van der Waals surface area contributed by atoms with Crippen LogP contribution in [0.4, 0.5) is 0 Å². The van der Waals surface area contributed by atoms with Crippen LogP contribution in [0.2, 0.25) is 0 Å². The Balaban J connectivity index is 1.80. The van der Waals surface area contributed by atoms with Crippen LogP contribution >= 0.6 is 11.3 Å². The summed E-state index contributed by atoms with van der Waals surface area (Å²) in [4.78, 5) is 16.7. The van der Waals surface area contributed by atoms with E-state index in [1.807, 2.05) is 25.1 Å². The van der Waals surface area contributed by atoms with Crippen LogP contribution in [0.5, 0.6) is 5.75 Å². The summed E-state index contributed by atoms with van der Waals surface area (Å²) >= 11 is 1.54. The highest BCUT2D eigenvalue weighted by Crippen LogP contribution is 2.29. The first kappa shape index (κ1) is 14.4. The normalized spacial score (nSPS) is 12.1. The predicted octanol–water partition coefficient (Wildman–Crippen LogP) is 2.59. The van der Waals surface area contributed by atoms with Gasteiger partial charge in [0, 0.05) is 0 Å². The molecule has 1 atom stereocenters. The fourth-order valence-corrected chi connectivity index (χ4v) is 3.00. The number of hydrogen-bond donors (Lipinski definition) is 1. The summed E-state index contributed by atoms with van der Waals surface area (Å²) in [5.74, 6) is 0.599. The Bertz CT molecular complexity index is 804. The lowest BCUT2D eigenvalue weighted by Gasteiger charge is -2.10. The molecule has 0 aliphatic rings. The highest BCUT2D eigenvalue weighted by molar-refractivity contribution is 7.18. The fourth-order valence-electron chi connectivity index (χ4n) is 2.00. The number of benzene rings is 1. The monoisotopic (exact) mass is 314 g/mol. The Labute approximate surface area is 131 Å². The van der Waals surface area contributed by atoms with Crippen molar-refractivity contribution < 1.29 is 9.53 Å². The molecular formula is C15H14N4O2S. The SMILES string of the molecule is COc1ccc2nc(C(C)NC(=O)c3ccnnc3)sc2c1. The number of carbonyl (C=O) groups is 1. The average molecular weight is 314 g/mol. The van der Waals surface area contributed by atoms with Gasteiger partial charge in [0.1, 0.15) is 10.8 Å². The zero-order valence-corrected chi connectivity index (χ0v) is 12.9. The molecule has 2 aromatic heterocycles. The maximum Gasteiger partial charge on any atom is 0.253 e. The molecule has 6 nitrogen and oxygen atoms in total. The van der Waals surface area contributed by atoms with Crippen LogP contribution in [0.1, 0.15) is 28.3 Å². The Morgan fingerprint density at radius 1 is 1.32 bits per heavy atom. The topological polar surface area (TPSA) is 77.0 Å². The third-order valence-corrected chi connectivity index (χ3v) is 4.38. The van der Waals surface area contributed by atoms with Gasteiger partial charge in [0.2, 0.25) is 0 Å². The lowest BCUT2D eigenvalue weighted by Crippen LogP contribution is -2.26. The number of nitrogens with one attached hydrogen (secondary N) is 1. The molecule has 0 bridgehead atoms. The summed E-state index contributed by atoms with van der Waals surface area (Å²) in [5.41, 5.74) is 1.37. The number of methoxy groups -OCH3 is 1. The molecule has 3 aromatic rings. The molecule has 1 amide bonds. The first-order chi connectivity index (χ1) is 10.7. The summed E-state index contributed by atoms with van der Waals surface area (Å²) in [7, 11) is 1.63. The zero-order chi connectivity index (χ0) is 15.5. The van der Waals surface area contributed by atoms with E-state index in [4.69, 9.17) is 4.74 Å². The van der Waals surface area contributed by atoms with Gasteiger partial charge in [0.25, 0.3) is 5.91 Å². The number of thiazole rings is 1. The van der Waals surface area contributed by atoms with Crippen molar-refractivity contribution in [2.24, 2.45) is 0 Å². The number of amides is 1. The van der Waals surface area contributed by atoms with Crippen molar-refractivity contribution in [2.75, 3.05) is 7.11 Å². The zero-order valence-electron chi connectivity index (χ0n) is 12.1. The van der Waals surface area contributed by atoms with Gasteiger partial charge >= 0.3 is 0 Å². The summed E-state index contributed by atoms with van der Waals surface area (Å²) < 4.78 is 6.24. The van der Waals surface area contributed by atoms with Crippen molar-refractivity contribution >= 4 is 27.5 Å². The van der Waals surface area contributed by atoms with E-state index in [0.717, 1.165) is 21.0 Å². The Morgan fingerprint density at radius 3 is 2.91 bits per heavy atom. The second-order valence-corrected chi connectivity index (χ2v) is 5.77. The molecule has 1 N–H and O–H groups in total. The molecular weight excluding hydrogens is 300 g/mol. The Kier molecular flexibility index (Phi) is 3.97. The minimum Gasteiger partial charge on any atom is -0.497 e. The van der Waals surface area contributed by atoms with Crippen LogP contribution in [-0.4, -0.2) is 28.2 Å². The number of hydrogen-bond acceptors (Lipinski definition) is 6. The highest BCUT2D eigenvalue weighted by atomic mass is 32.1. The summed E-state index contributed by atoms with van der Waals surface area (Å²) in [6, 6.07) is 7.16. The van der Waals surface area contributed by atoms with Gasteiger partial charge in [0.05, 0.1) is 41.3 Å². The van der Waals surface area contributed by atoms with Crippen LogP contribution in [0.3, 0.4) is 0 Å². The van der Waals surface area contributed by atoms with E-state index in [1.165, 1.54) is 23.7 Å². The smallest absolute Gasteiger partial charge is 0.253 e. The van der Waals surface area contributed by atoms with E-state index < -0.39 is 0 Å². The minimum atomic E-state index is -0.195. The van der Waals surface area contributed by atoms with Gasteiger partial charge in [-0.3, -0.25) is 4.79 Å². The summed E-state index contributed by atoms with van der Waals surface area (Å²) in [6.07, 6.45) is 2.93. The fraction of sp³-hybridized carbons (Fsp3) is 0.200. The third-order valence-electron chi connectivity index (χ3n) is 3.18. The molecule has 0 saturated carbocycles. The van der Waals surface area contributed by atoms with Crippen LogP contribution < -0.4 is 10.1 Å². The molecule has 2 heterocycles. The van der Waals surface area contributed by atoms with Gasteiger partial charge in [-0.2, -0.15) is 10.2 Å². The highest BCUT2D eigenvalue weighted by Gasteiger charge is 2.15. The minimum absolute atomic E-state index is 0.191. The van der Waals surface area contributed by atoms with Gasteiger partial charge in [-0.1, -0.05) is 0 Å². The van der Waals surface area contributed by atoms with E-state index in [2.05, 4.69) is 20.5 Å². The van der Waals surface area contributed by atoms with E-state index in [9.17, 15) is 4.79 Å². The molecule has 0 saturated heterocycles. The van der Waals surface area contributed by atoms with Gasteiger partial charge in [-0.25, -0.2) is 4.98 Å². The molecule has 22 heavy (non-hydrogen) atoms. The average Bonchev–Trinajstić information content (AvgIpc) is 2.98. The molecule has 0 aliphatic carbocycles. The van der Waals surface area contributed by atoms with E-state index >= 15 is 0 Å². The maximum atomic E-state index is 12.1. The molecule has 3 rings (SSSR count). The lowest BCUT2D eigenvalue weighted by atomic mass is 10.2. The second kappa shape index (κ2) is 6.07. The molecule has 0 fully saturated rings. The van der Waals surface area contributed by atoms with Crippen molar-refractivity contribution in [3.8, 4) is 5.75 Å². The molecule has 0 radical (unpaired) electrons. The van der Waals surface area contributed by atoms with Gasteiger partial charge in [-0.15, -0.1) is 11.3 Å². The van der Waals surface area contributed by atoms with Crippen LogP contribution in [0, 0.1) is 0 Å². The number of rotatable bonds is 4. The van der Waals surface area contributed by atoms with Crippen LogP contribution in [0.25, 0.3) is 10.2 Å². The lowest BCUT2D eigenvalue weighted by molar-refractivity contribution is 0.0939. The molecule has 1 unspecified atom stereocenters. The molecule has 1 aromatic carbocycles. The van der Waals surface area contributed by atoms with Gasteiger partial charge < -0.3 is 10.1 Å². The number of nitrogens with zero attached hydrogens (tertiary/aromatic N) is 3. The Morgan fingerprint density at radius 2 is 2.18 bits per heavy atom. The van der Waals surface area contributed by atoms with Crippen molar-refractivity contribution in [1.29, 1.82) is 0 Å². The maximum absolute atomic E-state index is 12.1. The van der Waals surface area contributed by atoms with Crippen LogP contribution in [0.15, 0.2) is 36.7 Å². The van der Waals surface area contributed by atoms with E-state index in [1.54, 1.807) is 13.2 Å². The molecule has 7 heteroatoms. The molecule has 112 valence electrons. The quantitative estimate of drug-likeness (QED) is 0.801. The number of fused-ring (bicyclic) bond motifs is 1. The van der Waals surface area contributed by atoms with Crippen LogP contribution in [-0.2, 0) is 0 Å². The molecule has 0 spiro atoms. The first-order valence-corrected chi connectivity index (χ1v) is 7.51. The van der Waals surface area contributed by atoms with Gasteiger partial charge in [0.15, 0.2) is 0 Å². The van der Waals surface area contributed by atoms with Gasteiger partial charge in [-0.05, 0) is 31.2 Å². The second-order valence-electron chi connectivity index (χ2n) is 4.71. The molecule has 0 aliphatic heterocycles. The first-order valence-electron chi connectivity index (χ1n) is 6.69. The third kappa shape index (κ3) is 2.89. The van der Waals surface area contributed by atoms with Crippen molar-refractivity contribution in [2.45, 2.75) is 13.0 Å². The Hall–Kier alpha value is -2.54. The number of carbonyl (C=O) groups excluding carboxylic acids is 1. The summed E-state index contributed by atoms with van der Waals surface area (Å²) in [5, 5.41) is 11.1. The van der Waals surface area contributed by atoms with Crippen molar-refractivity contribution in [3.05, 3.63) is 47.2 Å². The van der Waals surface area contributed by atoms with E-state index in [0.29, 0.717) is 5.56 Å². The van der Waals surface area contributed by atoms with Crippen molar-refractivity contribution in [1.82, 2.24) is 20.5 Å². The number of aromatic nitrogens is 3. The standard InChI is InChI=1S/C15H14N4O2S/c1-9(18-14(20)10-5-6-16-17-8-10)15-19-12-4-3-11(21-2)7-13(12)22-15/h3-9H,1-2H3,(H,18,20). The van der Waals surface area contributed by atoms with E-state index in [-0.39, 0.29) is 11.9 Å². The number of ether oxygens (including phenoxy) is 1.